The second-order valence-electron chi connectivity index (χ2n) is 9.35. The minimum absolute atomic E-state index is 0.179. The second kappa shape index (κ2) is 12.4. The summed E-state index contributed by atoms with van der Waals surface area (Å²) in [5, 5.41) is 6.15. The molecule has 3 aromatic carbocycles. The van der Waals surface area contributed by atoms with Crippen LogP contribution >= 0.6 is 55.1 Å². The van der Waals surface area contributed by atoms with Crippen LogP contribution in [0.1, 0.15) is 55.0 Å². The van der Waals surface area contributed by atoms with Gasteiger partial charge in [0.05, 0.1) is 38.7 Å². The van der Waals surface area contributed by atoms with Crippen molar-refractivity contribution in [3.05, 3.63) is 94.8 Å². The first-order valence-corrected chi connectivity index (χ1v) is 14.9. The molecule has 39 heavy (non-hydrogen) atoms. The molecule has 1 aromatic heterocycles. The molecule has 1 aliphatic rings. The number of aromatic nitrogens is 2. The lowest BCUT2D eigenvalue weighted by Gasteiger charge is -2.22. The molecule has 0 aliphatic heterocycles. The predicted molar refractivity (Wildman–Crippen MR) is 164 cm³/mol. The lowest BCUT2D eigenvalue weighted by atomic mass is 9.88. The summed E-state index contributed by atoms with van der Waals surface area (Å²) in [6.45, 7) is 0.259. The summed E-state index contributed by atoms with van der Waals surface area (Å²) < 4.78 is 14.5. The Bertz CT molecular complexity index is 1620. The zero-order valence-corrected chi connectivity index (χ0v) is 25.8. The number of halogens is 4. The molecule has 0 atom stereocenters. The third-order valence-electron chi connectivity index (χ3n) is 6.80. The van der Waals surface area contributed by atoms with Crippen molar-refractivity contribution in [3.63, 3.8) is 0 Å². The molecule has 0 N–H and O–H groups in total. The van der Waals surface area contributed by atoms with E-state index in [0.29, 0.717) is 52.8 Å². The number of nitrogens with zero attached hydrogens (tertiary/aromatic N) is 3. The molecule has 202 valence electrons. The molecule has 0 unspecified atom stereocenters. The van der Waals surface area contributed by atoms with E-state index >= 15 is 0 Å². The molecule has 1 saturated carbocycles. The molecule has 6 nitrogen and oxygen atoms in total. The van der Waals surface area contributed by atoms with E-state index in [1.807, 2.05) is 30.3 Å². The predicted octanol–water partition coefficient (Wildman–Crippen LogP) is 8.75. The van der Waals surface area contributed by atoms with Crippen LogP contribution in [0.5, 0.6) is 11.5 Å². The van der Waals surface area contributed by atoms with Gasteiger partial charge in [-0.2, -0.15) is 9.78 Å². The van der Waals surface area contributed by atoms with Crippen LogP contribution in [0.15, 0.2) is 67.4 Å². The van der Waals surface area contributed by atoms with E-state index in [0.717, 1.165) is 31.2 Å². The first kappa shape index (κ1) is 28.1. The second-order valence-corrected chi connectivity index (χ2v) is 11.7. The summed E-state index contributed by atoms with van der Waals surface area (Å²) in [4.78, 5) is 18.4. The molecule has 0 bridgehead atoms. The molecule has 0 saturated heterocycles. The summed E-state index contributed by atoms with van der Waals surface area (Å²) in [6.07, 6.45) is 7.08. The molecule has 0 spiro atoms. The highest BCUT2D eigenvalue weighted by atomic mass is 79.9. The molecular formula is C29H25Br2Cl2N3O3. The number of hydrogen-bond donors (Lipinski definition) is 0. The van der Waals surface area contributed by atoms with Crippen molar-refractivity contribution in [1.82, 2.24) is 9.66 Å². The van der Waals surface area contributed by atoms with Crippen LogP contribution in [-0.4, -0.2) is 23.0 Å². The Morgan fingerprint density at radius 3 is 2.56 bits per heavy atom. The van der Waals surface area contributed by atoms with Crippen molar-refractivity contribution in [1.29, 1.82) is 0 Å². The highest BCUT2D eigenvalue weighted by Crippen LogP contribution is 2.43. The van der Waals surface area contributed by atoms with Gasteiger partial charge in [-0.25, -0.2) is 4.98 Å². The van der Waals surface area contributed by atoms with Crippen LogP contribution in [0, 0.1) is 0 Å². The van der Waals surface area contributed by atoms with Crippen molar-refractivity contribution >= 4 is 72.2 Å². The average molecular weight is 694 g/mol. The number of methoxy groups -OCH3 is 1. The Hall–Kier alpha value is -2.39. The van der Waals surface area contributed by atoms with Crippen molar-refractivity contribution in [2.24, 2.45) is 5.10 Å². The molecular weight excluding hydrogens is 669 g/mol. The average Bonchev–Trinajstić information content (AvgIpc) is 2.96. The number of benzene rings is 3. The molecule has 10 heteroatoms. The largest absolute Gasteiger partial charge is 0.493 e. The molecule has 1 aliphatic carbocycles. The van der Waals surface area contributed by atoms with Crippen LogP contribution < -0.4 is 15.0 Å². The van der Waals surface area contributed by atoms with E-state index in [4.69, 9.17) is 37.7 Å². The quantitative estimate of drug-likeness (QED) is 0.182. The Labute approximate surface area is 253 Å². The Morgan fingerprint density at radius 2 is 1.82 bits per heavy atom. The van der Waals surface area contributed by atoms with Crippen LogP contribution in [-0.2, 0) is 6.61 Å². The summed E-state index contributed by atoms with van der Waals surface area (Å²) in [5.41, 5.74) is 2.08. The molecule has 1 heterocycles. The normalized spacial score (nSPS) is 14.3. The maximum atomic E-state index is 13.5. The van der Waals surface area contributed by atoms with E-state index in [-0.39, 0.29) is 18.1 Å². The van der Waals surface area contributed by atoms with Gasteiger partial charge < -0.3 is 9.47 Å². The fraction of sp³-hybridized carbons (Fsp3) is 0.276. The summed E-state index contributed by atoms with van der Waals surface area (Å²) in [7, 11) is 1.57. The van der Waals surface area contributed by atoms with Gasteiger partial charge in [-0.15, -0.1) is 0 Å². The highest BCUT2D eigenvalue weighted by Gasteiger charge is 2.23. The van der Waals surface area contributed by atoms with Gasteiger partial charge in [0.25, 0.3) is 5.56 Å². The van der Waals surface area contributed by atoms with Gasteiger partial charge in [-0.05, 0) is 80.6 Å². The van der Waals surface area contributed by atoms with Gasteiger partial charge in [0.15, 0.2) is 11.5 Å². The topological polar surface area (TPSA) is 65.7 Å². The summed E-state index contributed by atoms with van der Waals surface area (Å²) in [5.74, 6) is 1.91. The molecule has 5 rings (SSSR count). The van der Waals surface area contributed by atoms with Crippen LogP contribution in [0.25, 0.3) is 10.9 Å². The fourth-order valence-electron chi connectivity index (χ4n) is 4.77. The van der Waals surface area contributed by atoms with Gasteiger partial charge >= 0.3 is 0 Å². The van der Waals surface area contributed by atoms with Crippen LogP contribution in [0.4, 0.5) is 0 Å². The van der Waals surface area contributed by atoms with Crippen molar-refractivity contribution in [2.45, 2.75) is 44.6 Å². The third-order valence-corrected chi connectivity index (χ3v) is 9.69. The van der Waals surface area contributed by atoms with Crippen molar-refractivity contribution in [3.8, 4) is 11.5 Å². The molecule has 0 amide bonds. The minimum atomic E-state index is -0.179. The zero-order chi connectivity index (χ0) is 27.5. The number of para-hydroxylation sites is 1. The number of hydrogen-bond acceptors (Lipinski definition) is 5. The van der Waals surface area contributed by atoms with Crippen molar-refractivity contribution < 1.29 is 9.47 Å². The van der Waals surface area contributed by atoms with E-state index in [9.17, 15) is 4.79 Å². The van der Waals surface area contributed by atoms with Gasteiger partial charge in [0.1, 0.15) is 12.4 Å². The lowest BCUT2D eigenvalue weighted by Crippen LogP contribution is -2.25. The number of rotatable bonds is 7. The Kier molecular flexibility index (Phi) is 8.96. The first-order valence-electron chi connectivity index (χ1n) is 12.6. The SMILES string of the molecule is COc1cc(C=Nn2c(C3CCCCC3)nc3ccccc3c2=O)c(Br)c(Br)c1OCc1ccc(Cl)c(Cl)c1. The molecule has 0 radical (unpaired) electrons. The van der Waals surface area contributed by atoms with Crippen LogP contribution in [0.3, 0.4) is 0 Å². The standard InChI is InChI=1S/C29H25Br2Cl2N3O3/c1-38-24-14-19(25(30)26(31)27(24)39-16-17-11-12-21(32)22(33)13-17)15-34-36-28(18-7-3-2-4-8-18)35-23-10-6-5-9-20(23)29(36)37/h5-6,9-15,18H,2-4,7-8,16H2,1H3. The van der Waals surface area contributed by atoms with E-state index in [1.54, 1.807) is 31.5 Å². The van der Waals surface area contributed by atoms with Gasteiger partial charge in [0, 0.05) is 16.0 Å². The van der Waals surface area contributed by atoms with E-state index in [1.165, 1.54) is 11.1 Å². The van der Waals surface area contributed by atoms with E-state index < -0.39 is 0 Å². The Balaban J connectivity index is 1.51. The molecule has 1 fully saturated rings. The smallest absolute Gasteiger partial charge is 0.282 e. The highest BCUT2D eigenvalue weighted by molar-refractivity contribution is 9.13. The fourth-order valence-corrected chi connectivity index (χ4v) is 6.02. The monoisotopic (exact) mass is 691 g/mol. The molecule has 4 aromatic rings. The maximum absolute atomic E-state index is 13.5. The number of ether oxygens (including phenoxy) is 2. The van der Waals surface area contributed by atoms with Gasteiger partial charge in [0.2, 0.25) is 0 Å². The third kappa shape index (κ3) is 6.04. The van der Waals surface area contributed by atoms with Crippen LogP contribution in [0.2, 0.25) is 10.0 Å². The maximum Gasteiger partial charge on any atom is 0.282 e. The van der Waals surface area contributed by atoms with Gasteiger partial charge in [-0.1, -0.05) is 60.7 Å². The first-order chi connectivity index (χ1) is 18.9. The van der Waals surface area contributed by atoms with Gasteiger partial charge in [-0.3, -0.25) is 4.79 Å². The van der Waals surface area contributed by atoms with E-state index in [2.05, 4.69) is 37.0 Å². The Morgan fingerprint density at radius 1 is 1.05 bits per heavy atom. The minimum Gasteiger partial charge on any atom is -0.493 e. The lowest BCUT2D eigenvalue weighted by molar-refractivity contribution is 0.282. The summed E-state index contributed by atoms with van der Waals surface area (Å²) in [6, 6.07) is 14.6. The van der Waals surface area contributed by atoms with Crippen molar-refractivity contribution in [2.75, 3.05) is 7.11 Å². The zero-order valence-electron chi connectivity index (χ0n) is 21.1. The number of fused-ring (bicyclic) bond motifs is 1. The summed E-state index contributed by atoms with van der Waals surface area (Å²) >= 11 is 19.5.